The zero-order valence-electron chi connectivity index (χ0n) is 13.1. The topological polar surface area (TPSA) is 118 Å². The van der Waals surface area contributed by atoms with Crippen LogP contribution in [0.3, 0.4) is 0 Å². The minimum Gasteiger partial charge on any atom is -0.550 e. The number of carboxylic acid groups (broad SMARTS) is 2. The molecule has 8 heteroatoms. The average Bonchev–Trinajstić information content (AvgIpc) is 2.79. The Morgan fingerprint density at radius 2 is 1.84 bits per heavy atom. The van der Waals surface area contributed by atoms with Gasteiger partial charge in [-0.25, -0.2) is 0 Å². The molecule has 1 aromatic carbocycles. The number of allylic oxidation sites excluding steroid dienone is 2. The second-order valence-electron chi connectivity index (χ2n) is 5.26. The van der Waals surface area contributed by atoms with Crippen molar-refractivity contribution in [3.63, 3.8) is 0 Å². The minimum absolute atomic E-state index is 0.0132. The maximum atomic E-state index is 12.3. The third-order valence-electron chi connectivity index (χ3n) is 3.32. The van der Waals surface area contributed by atoms with Gasteiger partial charge in [0.15, 0.2) is 0 Å². The smallest absolute Gasteiger partial charge is 0.294 e. The first kappa shape index (κ1) is 18.5. The van der Waals surface area contributed by atoms with E-state index in [1.165, 1.54) is 6.08 Å². The molecule has 7 nitrogen and oxygen atoms in total. The van der Waals surface area contributed by atoms with E-state index in [1.54, 1.807) is 13.0 Å². The highest BCUT2D eigenvalue weighted by Crippen LogP contribution is 2.33. The van der Waals surface area contributed by atoms with Gasteiger partial charge >= 0.3 is 0 Å². The fourth-order valence-corrected chi connectivity index (χ4v) is 3.17. The van der Waals surface area contributed by atoms with Crippen molar-refractivity contribution in [3.05, 3.63) is 52.4 Å². The van der Waals surface area contributed by atoms with Gasteiger partial charge in [-0.15, -0.1) is 0 Å². The van der Waals surface area contributed by atoms with Gasteiger partial charge < -0.3 is 19.8 Å². The molecule has 130 valence electrons. The monoisotopic (exact) mass is 359 g/mol. The number of rotatable bonds is 6. The van der Waals surface area contributed by atoms with Gasteiger partial charge in [-0.2, -0.15) is 0 Å². The lowest BCUT2D eigenvalue weighted by Crippen LogP contribution is -2.52. The number of benzene rings is 1. The van der Waals surface area contributed by atoms with Gasteiger partial charge in [-0.1, -0.05) is 36.4 Å². The van der Waals surface area contributed by atoms with E-state index in [0.717, 1.165) is 5.56 Å². The van der Waals surface area contributed by atoms with Gasteiger partial charge in [0.2, 0.25) is 0 Å². The molecule has 1 saturated heterocycles. The van der Waals surface area contributed by atoms with Crippen LogP contribution in [0.4, 0.5) is 4.79 Å². The van der Waals surface area contributed by atoms with Crippen molar-refractivity contribution >= 4 is 40.9 Å². The molecule has 0 aliphatic carbocycles. The molecule has 1 aliphatic heterocycles. The van der Waals surface area contributed by atoms with Crippen LogP contribution in [0.2, 0.25) is 0 Å². The normalized spacial score (nSPS) is 17.9. The number of amides is 2. The summed E-state index contributed by atoms with van der Waals surface area (Å²) in [5.74, 6) is -4.40. The van der Waals surface area contributed by atoms with E-state index in [2.05, 4.69) is 0 Å². The number of imide groups is 1. The van der Waals surface area contributed by atoms with Crippen molar-refractivity contribution in [3.8, 4) is 0 Å². The van der Waals surface area contributed by atoms with Gasteiger partial charge in [0.1, 0.15) is 0 Å². The van der Waals surface area contributed by atoms with Crippen LogP contribution in [0.15, 0.2) is 46.9 Å². The molecule has 0 spiro atoms. The van der Waals surface area contributed by atoms with E-state index in [0.29, 0.717) is 22.2 Å². The van der Waals surface area contributed by atoms with Crippen molar-refractivity contribution < 1.29 is 29.4 Å². The second kappa shape index (κ2) is 7.80. The van der Waals surface area contributed by atoms with Crippen LogP contribution in [-0.2, 0) is 14.4 Å². The van der Waals surface area contributed by atoms with Crippen molar-refractivity contribution in [2.45, 2.75) is 19.4 Å². The standard InChI is InChI=1S/C17H15NO6S/c1-10(7-11-5-3-2-4-6-11)8-13-15(21)18(17(24)25-13)12(16(22)23)9-14(19)20/h2-8,12H,9H2,1H3,(H,19,20)(H,22,23)/p-2/b10-7+,13-8-/t12-/m0/s1. The first-order valence-corrected chi connectivity index (χ1v) is 8.02. The predicted octanol–water partition coefficient (Wildman–Crippen LogP) is -0.0723. The van der Waals surface area contributed by atoms with E-state index >= 15 is 0 Å². The van der Waals surface area contributed by atoms with Gasteiger partial charge in [0.05, 0.1) is 16.9 Å². The highest BCUT2D eigenvalue weighted by atomic mass is 32.2. The number of carbonyl (C=O) groups is 4. The van der Waals surface area contributed by atoms with Crippen LogP contribution in [0, 0.1) is 0 Å². The maximum absolute atomic E-state index is 12.3. The summed E-state index contributed by atoms with van der Waals surface area (Å²) in [5, 5.41) is 20.9. The maximum Gasteiger partial charge on any atom is 0.294 e. The van der Waals surface area contributed by atoms with E-state index < -0.39 is 35.5 Å². The summed E-state index contributed by atoms with van der Waals surface area (Å²) in [5.41, 5.74) is 1.56. The molecule has 0 radical (unpaired) electrons. The van der Waals surface area contributed by atoms with Gasteiger partial charge in [-0.05, 0) is 35.9 Å². The molecule has 1 aromatic rings. The SMILES string of the molecule is CC(/C=C1\SC(=O)N([C@@H](CC(=O)[O-])C(=O)[O-])C1=O)=C\c1ccccc1. The Morgan fingerprint density at radius 3 is 2.40 bits per heavy atom. The summed E-state index contributed by atoms with van der Waals surface area (Å²) < 4.78 is 0. The van der Waals surface area contributed by atoms with E-state index in [-0.39, 0.29) is 4.91 Å². The van der Waals surface area contributed by atoms with Crippen molar-refractivity contribution in [2.24, 2.45) is 0 Å². The molecule has 2 rings (SSSR count). The Balaban J connectivity index is 2.26. The number of thioether (sulfide) groups is 1. The fourth-order valence-electron chi connectivity index (χ4n) is 2.25. The molecule has 0 unspecified atom stereocenters. The summed E-state index contributed by atoms with van der Waals surface area (Å²) in [7, 11) is 0. The van der Waals surface area contributed by atoms with Crippen molar-refractivity contribution in [1.82, 2.24) is 4.90 Å². The van der Waals surface area contributed by atoms with Gasteiger partial charge in [0.25, 0.3) is 11.1 Å². The summed E-state index contributed by atoms with van der Waals surface area (Å²) in [4.78, 5) is 46.4. The molecule has 0 bridgehead atoms. The number of hydrogen-bond donors (Lipinski definition) is 0. The fraction of sp³-hybridized carbons (Fsp3) is 0.176. The summed E-state index contributed by atoms with van der Waals surface area (Å²) >= 11 is 0.547. The van der Waals surface area contributed by atoms with E-state index in [1.807, 2.05) is 30.3 Å². The third-order valence-corrected chi connectivity index (χ3v) is 4.20. The van der Waals surface area contributed by atoms with Crippen LogP contribution in [-0.4, -0.2) is 34.0 Å². The Labute approximate surface area is 147 Å². The van der Waals surface area contributed by atoms with Crippen LogP contribution in [0.1, 0.15) is 18.9 Å². The Bertz CT molecular complexity index is 784. The first-order valence-electron chi connectivity index (χ1n) is 7.20. The van der Waals surface area contributed by atoms with Gasteiger partial charge in [-0.3, -0.25) is 14.5 Å². The van der Waals surface area contributed by atoms with Crippen molar-refractivity contribution in [1.29, 1.82) is 0 Å². The highest BCUT2D eigenvalue weighted by Gasteiger charge is 2.40. The Hall–Kier alpha value is -2.87. The zero-order chi connectivity index (χ0) is 18.6. The number of carbonyl (C=O) groups excluding carboxylic acids is 4. The summed E-state index contributed by atoms with van der Waals surface area (Å²) in [6.45, 7) is 1.72. The van der Waals surface area contributed by atoms with Crippen molar-refractivity contribution in [2.75, 3.05) is 0 Å². The van der Waals surface area contributed by atoms with E-state index in [9.17, 15) is 29.4 Å². The molecule has 1 aliphatic rings. The second-order valence-corrected chi connectivity index (χ2v) is 6.25. The summed E-state index contributed by atoms with van der Waals surface area (Å²) in [6, 6.07) is 7.36. The summed E-state index contributed by atoms with van der Waals surface area (Å²) in [6.07, 6.45) is 2.21. The lowest BCUT2D eigenvalue weighted by atomic mass is 10.1. The Morgan fingerprint density at radius 1 is 1.20 bits per heavy atom. The molecular formula is C17H13NO6S-2. The van der Waals surface area contributed by atoms with E-state index in [4.69, 9.17) is 0 Å². The molecule has 1 fully saturated rings. The molecule has 25 heavy (non-hydrogen) atoms. The molecule has 2 amide bonds. The third kappa shape index (κ3) is 4.57. The lowest BCUT2D eigenvalue weighted by Gasteiger charge is -2.26. The number of aliphatic carboxylic acids is 2. The zero-order valence-corrected chi connectivity index (χ0v) is 13.9. The minimum atomic E-state index is -1.90. The number of nitrogens with zero attached hydrogens (tertiary/aromatic N) is 1. The van der Waals surface area contributed by atoms with Gasteiger partial charge in [0, 0.05) is 12.4 Å². The highest BCUT2D eigenvalue weighted by molar-refractivity contribution is 8.18. The molecular weight excluding hydrogens is 346 g/mol. The molecule has 1 atom stereocenters. The Kier molecular flexibility index (Phi) is 5.76. The number of hydrogen-bond acceptors (Lipinski definition) is 7. The quantitative estimate of drug-likeness (QED) is 0.652. The van der Waals surface area contributed by atoms with Crippen LogP contribution < -0.4 is 10.2 Å². The molecule has 0 aromatic heterocycles. The van der Waals surface area contributed by atoms with Crippen LogP contribution >= 0.6 is 11.8 Å². The largest absolute Gasteiger partial charge is 0.550 e. The molecule has 1 heterocycles. The average molecular weight is 359 g/mol. The first-order chi connectivity index (χ1) is 11.8. The molecule has 0 N–H and O–H groups in total. The predicted molar refractivity (Wildman–Crippen MR) is 86.4 cm³/mol. The van der Waals surface area contributed by atoms with Crippen LogP contribution in [0.25, 0.3) is 6.08 Å². The number of carboxylic acids is 2. The lowest BCUT2D eigenvalue weighted by molar-refractivity contribution is -0.319. The molecule has 0 saturated carbocycles. The van der Waals surface area contributed by atoms with Crippen LogP contribution in [0.5, 0.6) is 0 Å².